The van der Waals surface area contributed by atoms with Gasteiger partial charge in [0, 0.05) is 31.4 Å². The van der Waals surface area contributed by atoms with E-state index in [4.69, 9.17) is 14.2 Å². The number of nitrogens with zero attached hydrogens (tertiary/aromatic N) is 1. The molecule has 2 aromatic carbocycles. The number of nitrogens with one attached hydrogen (secondary N) is 1. The third-order valence-corrected chi connectivity index (χ3v) is 6.20. The summed E-state index contributed by atoms with van der Waals surface area (Å²) in [6.45, 7) is 12.5. The van der Waals surface area contributed by atoms with Crippen LogP contribution in [0.3, 0.4) is 0 Å². The van der Waals surface area contributed by atoms with Crippen LogP contribution >= 0.6 is 0 Å². The Morgan fingerprint density at radius 3 is 2.39 bits per heavy atom. The van der Waals surface area contributed by atoms with Crippen molar-refractivity contribution in [2.24, 2.45) is 11.8 Å². The molecule has 0 aromatic heterocycles. The molecule has 1 saturated heterocycles. The van der Waals surface area contributed by atoms with Crippen molar-refractivity contribution >= 4 is 17.7 Å². The van der Waals surface area contributed by atoms with Gasteiger partial charge in [-0.15, -0.1) is 0 Å². The zero-order valence-corrected chi connectivity index (χ0v) is 23.6. The maximum atomic E-state index is 13.9. The largest absolute Gasteiger partial charge is 0.497 e. The second-order valence-electron chi connectivity index (χ2n) is 11.9. The Hall–Kier alpha value is -3.29. The molecule has 0 saturated carbocycles. The second-order valence-corrected chi connectivity index (χ2v) is 11.9. The number of halogens is 1. The number of hydrogen-bond acceptors (Lipinski definition) is 6. The van der Waals surface area contributed by atoms with E-state index in [2.05, 4.69) is 5.32 Å². The average Bonchev–Trinajstić information content (AvgIpc) is 3.29. The molecule has 2 atom stereocenters. The smallest absolute Gasteiger partial charge is 0.410 e. The highest BCUT2D eigenvalue weighted by atomic mass is 19.1. The van der Waals surface area contributed by atoms with Gasteiger partial charge in [-0.2, -0.15) is 0 Å². The number of amides is 1. The van der Waals surface area contributed by atoms with Crippen molar-refractivity contribution in [3.63, 3.8) is 0 Å². The van der Waals surface area contributed by atoms with Crippen molar-refractivity contribution in [3.8, 4) is 5.75 Å². The Morgan fingerprint density at radius 2 is 1.74 bits per heavy atom. The molecule has 208 valence electrons. The van der Waals surface area contributed by atoms with E-state index in [0.717, 1.165) is 16.8 Å². The maximum absolute atomic E-state index is 13.9. The molecule has 0 spiro atoms. The zero-order chi connectivity index (χ0) is 28.1. The van der Waals surface area contributed by atoms with Crippen molar-refractivity contribution in [2.75, 3.05) is 25.5 Å². The van der Waals surface area contributed by atoms with Crippen LogP contribution in [0.25, 0.3) is 0 Å². The molecule has 2 unspecified atom stereocenters. The van der Waals surface area contributed by atoms with Crippen LogP contribution in [0.2, 0.25) is 0 Å². The standard InChI is InChI=1S/C30H41FN2O5/c1-29(2,3)37-27(34)26(22-11-12-33(19-22)28(35)38-30(4,5)6)16-20-9-8-10-24(14-20)32-18-21-13-23(31)17-25(15-21)36-7/h8-10,13-15,17,22,26,32H,11-12,16,18-19H2,1-7H3. The highest BCUT2D eigenvalue weighted by Crippen LogP contribution is 2.31. The Kier molecular flexibility index (Phi) is 9.28. The fraction of sp³-hybridized carbons (Fsp3) is 0.533. The van der Waals surface area contributed by atoms with Gasteiger partial charge in [0.05, 0.1) is 13.0 Å². The van der Waals surface area contributed by atoms with Gasteiger partial charge in [-0.1, -0.05) is 12.1 Å². The highest BCUT2D eigenvalue weighted by Gasteiger charge is 2.39. The number of rotatable bonds is 8. The predicted octanol–water partition coefficient (Wildman–Crippen LogP) is 6.20. The SMILES string of the molecule is COc1cc(F)cc(CNc2cccc(CC(C(=O)OC(C)(C)C)C3CCN(C(=O)OC(C)(C)C)C3)c2)c1. The van der Waals surface area contributed by atoms with E-state index in [1.165, 1.54) is 19.2 Å². The molecule has 38 heavy (non-hydrogen) atoms. The van der Waals surface area contributed by atoms with Gasteiger partial charge in [-0.05, 0) is 95.7 Å². The molecule has 0 radical (unpaired) electrons. The van der Waals surface area contributed by atoms with Crippen LogP contribution in [-0.4, -0.2) is 48.4 Å². The molecule has 1 N–H and O–H groups in total. The lowest BCUT2D eigenvalue weighted by Gasteiger charge is -2.28. The molecular weight excluding hydrogens is 487 g/mol. The number of hydrogen-bond donors (Lipinski definition) is 1. The minimum Gasteiger partial charge on any atom is -0.497 e. The summed E-state index contributed by atoms with van der Waals surface area (Å²) in [7, 11) is 1.51. The first kappa shape index (κ1) is 29.3. The van der Waals surface area contributed by atoms with Crippen molar-refractivity contribution in [1.29, 1.82) is 0 Å². The van der Waals surface area contributed by atoms with Gasteiger partial charge in [0.25, 0.3) is 0 Å². The monoisotopic (exact) mass is 528 g/mol. The van der Waals surface area contributed by atoms with E-state index in [1.54, 1.807) is 11.0 Å². The fourth-order valence-corrected chi connectivity index (χ4v) is 4.53. The van der Waals surface area contributed by atoms with Gasteiger partial charge in [-0.3, -0.25) is 4.79 Å². The number of anilines is 1. The highest BCUT2D eigenvalue weighted by molar-refractivity contribution is 5.74. The van der Waals surface area contributed by atoms with Crippen molar-refractivity contribution in [3.05, 3.63) is 59.4 Å². The minimum absolute atomic E-state index is 0.0475. The van der Waals surface area contributed by atoms with Crippen molar-refractivity contribution in [2.45, 2.75) is 72.1 Å². The average molecular weight is 529 g/mol. The quantitative estimate of drug-likeness (QED) is 0.411. The van der Waals surface area contributed by atoms with Gasteiger partial charge in [-0.25, -0.2) is 9.18 Å². The molecule has 1 fully saturated rings. The summed E-state index contributed by atoms with van der Waals surface area (Å²) in [4.78, 5) is 27.6. The minimum atomic E-state index is -0.617. The van der Waals surface area contributed by atoms with E-state index in [9.17, 15) is 14.0 Å². The molecule has 0 bridgehead atoms. The molecule has 7 nitrogen and oxygen atoms in total. The van der Waals surface area contributed by atoms with Gasteiger partial charge in [0.2, 0.25) is 0 Å². The molecule has 1 aliphatic rings. The summed E-state index contributed by atoms with van der Waals surface area (Å²) in [5.74, 6) is -0.614. The number of likely N-dealkylation sites (tertiary alicyclic amines) is 1. The first-order valence-corrected chi connectivity index (χ1v) is 13.1. The van der Waals surface area contributed by atoms with E-state index in [0.29, 0.717) is 38.2 Å². The Bertz CT molecular complexity index is 1120. The third-order valence-electron chi connectivity index (χ3n) is 6.20. The normalized spacial score (nSPS) is 16.6. The third kappa shape index (κ3) is 8.92. The Labute approximate surface area is 225 Å². The van der Waals surface area contributed by atoms with Crippen LogP contribution in [0.1, 0.15) is 59.1 Å². The van der Waals surface area contributed by atoms with Crippen molar-refractivity contribution in [1.82, 2.24) is 4.90 Å². The summed E-state index contributed by atoms with van der Waals surface area (Å²) >= 11 is 0. The predicted molar refractivity (Wildman–Crippen MR) is 146 cm³/mol. The van der Waals surface area contributed by atoms with E-state index >= 15 is 0 Å². The van der Waals surface area contributed by atoms with Crippen molar-refractivity contribution < 1.29 is 28.2 Å². The zero-order valence-electron chi connectivity index (χ0n) is 23.6. The summed E-state index contributed by atoms with van der Waals surface area (Å²) in [6.07, 6.45) is 0.816. The van der Waals surface area contributed by atoms with Crippen LogP contribution in [0.15, 0.2) is 42.5 Å². The number of carbonyl (C=O) groups is 2. The second kappa shape index (κ2) is 12.0. The van der Waals surface area contributed by atoms with Gasteiger partial charge in [0.15, 0.2) is 0 Å². The number of ether oxygens (including phenoxy) is 3. The topological polar surface area (TPSA) is 77.1 Å². The van der Waals surface area contributed by atoms with Gasteiger partial charge >= 0.3 is 12.1 Å². The molecule has 2 aromatic rings. The van der Waals surface area contributed by atoms with E-state index in [1.807, 2.05) is 65.8 Å². The van der Waals surface area contributed by atoms with Gasteiger partial charge < -0.3 is 24.4 Å². The molecule has 1 amide bonds. The number of benzene rings is 2. The Balaban J connectivity index is 1.73. The van der Waals surface area contributed by atoms with Crippen LogP contribution in [0.5, 0.6) is 5.75 Å². The lowest BCUT2D eigenvalue weighted by Crippen LogP contribution is -2.38. The first-order valence-electron chi connectivity index (χ1n) is 13.1. The number of methoxy groups -OCH3 is 1. The van der Waals surface area contributed by atoms with Gasteiger partial charge in [0.1, 0.15) is 22.8 Å². The molecule has 0 aliphatic carbocycles. The number of esters is 1. The summed E-state index contributed by atoms with van der Waals surface area (Å²) in [5.41, 5.74) is 1.39. The van der Waals surface area contributed by atoms with E-state index < -0.39 is 17.1 Å². The summed E-state index contributed by atoms with van der Waals surface area (Å²) < 4.78 is 30.4. The molecule has 3 rings (SSSR count). The summed E-state index contributed by atoms with van der Waals surface area (Å²) in [5, 5.41) is 3.33. The first-order chi connectivity index (χ1) is 17.7. The molecule has 8 heteroatoms. The van der Waals surface area contributed by atoms with Crippen LogP contribution in [0.4, 0.5) is 14.9 Å². The molecular formula is C30H41FN2O5. The summed E-state index contributed by atoms with van der Waals surface area (Å²) in [6, 6.07) is 12.4. The lowest BCUT2D eigenvalue weighted by atomic mass is 9.86. The molecule has 1 heterocycles. The van der Waals surface area contributed by atoms with Crippen LogP contribution < -0.4 is 10.1 Å². The fourth-order valence-electron chi connectivity index (χ4n) is 4.53. The van der Waals surface area contributed by atoms with Crippen LogP contribution in [0, 0.1) is 17.7 Å². The maximum Gasteiger partial charge on any atom is 0.410 e. The van der Waals surface area contributed by atoms with Crippen LogP contribution in [-0.2, 0) is 27.2 Å². The number of carbonyl (C=O) groups excluding carboxylic acids is 2. The van der Waals surface area contributed by atoms with E-state index in [-0.39, 0.29) is 23.8 Å². The Morgan fingerprint density at radius 1 is 1.03 bits per heavy atom. The lowest BCUT2D eigenvalue weighted by molar-refractivity contribution is -0.161. The molecule has 1 aliphatic heterocycles.